The number of aromatic nitrogens is 2. The molecule has 1 atom stereocenters. The van der Waals surface area contributed by atoms with Crippen molar-refractivity contribution in [2.75, 3.05) is 19.6 Å². The molecule has 0 spiro atoms. The highest BCUT2D eigenvalue weighted by Crippen LogP contribution is 2.03. The Morgan fingerprint density at radius 2 is 2.40 bits per heavy atom. The molecule has 1 amide bonds. The summed E-state index contributed by atoms with van der Waals surface area (Å²) in [5.41, 5.74) is 0. The zero-order valence-corrected chi connectivity index (χ0v) is 12.1. The van der Waals surface area contributed by atoms with Gasteiger partial charge in [0.2, 0.25) is 5.91 Å². The van der Waals surface area contributed by atoms with E-state index >= 15 is 0 Å². The van der Waals surface area contributed by atoms with Crippen molar-refractivity contribution < 1.29 is 13.2 Å². The summed E-state index contributed by atoms with van der Waals surface area (Å²) < 4.78 is 27.5. The zero-order valence-electron chi connectivity index (χ0n) is 11.3. The van der Waals surface area contributed by atoms with Gasteiger partial charge in [-0.15, -0.1) is 0 Å². The summed E-state index contributed by atoms with van der Waals surface area (Å²) in [5, 5.41) is 5.88. The van der Waals surface area contributed by atoms with Crippen molar-refractivity contribution in [2.24, 2.45) is 7.05 Å². The fraction of sp³-hybridized carbons (Fsp3) is 0.636. The average molecular weight is 301 g/mol. The van der Waals surface area contributed by atoms with Crippen molar-refractivity contribution in [3.8, 4) is 0 Å². The minimum Gasteiger partial charge on any atom is -0.351 e. The van der Waals surface area contributed by atoms with Crippen LogP contribution >= 0.6 is 0 Å². The van der Waals surface area contributed by atoms with Crippen molar-refractivity contribution >= 4 is 15.9 Å². The summed E-state index contributed by atoms with van der Waals surface area (Å²) in [6.07, 6.45) is 4.68. The van der Waals surface area contributed by atoms with E-state index < -0.39 is 10.0 Å². The number of carbonyl (C=O) groups is 1. The van der Waals surface area contributed by atoms with E-state index in [1.165, 1.54) is 17.1 Å². The van der Waals surface area contributed by atoms with Gasteiger partial charge in [0.1, 0.15) is 0 Å². The van der Waals surface area contributed by atoms with Crippen LogP contribution in [0.15, 0.2) is 17.6 Å². The number of hydrogen-bond donors (Lipinski definition) is 3. The number of nitrogens with one attached hydrogen (secondary N) is 3. The van der Waals surface area contributed by atoms with Crippen LogP contribution in [0.2, 0.25) is 0 Å². The van der Waals surface area contributed by atoms with Crippen LogP contribution in [-0.4, -0.2) is 49.6 Å². The predicted molar refractivity (Wildman–Crippen MR) is 72.4 cm³/mol. The van der Waals surface area contributed by atoms with E-state index in [9.17, 15) is 13.2 Å². The van der Waals surface area contributed by atoms with Crippen molar-refractivity contribution in [1.82, 2.24) is 24.9 Å². The molecule has 1 aromatic heterocycles. The number of aryl methyl sites for hydroxylation is 1. The fourth-order valence-electron chi connectivity index (χ4n) is 2.02. The molecule has 2 rings (SSSR count). The maximum absolute atomic E-state index is 11.9. The highest BCUT2D eigenvalue weighted by atomic mass is 32.2. The van der Waals surface area contributed by atoms with Crippen molar-refractivity contribution in [3.63, 3.8) is 0 Å². The Morgan fingerprint density at radius 3 is 3.00 bits per heavy atom. The van der Waals surface area contributed by atoms with Crippen molar-refractivity contribution in [3.05, 3.63) is 12.5 Å². The van der Waals surface area contributed by atoms with Gasteiger partial charge in [-0.25, -0.2) is 18.1 Å². The van der Waals surface area contributed by atoms with E-state index in [1.807, 2.05) is 0 Å². The second-order valence-corrected chi connectivity index (χ2v) is 6.53. The Hall–Kier alpha value is -1.45. The molecular weight excluding hydrogens is 282 g/mol. The minimum atomic E-state index is -3.73. The van der Waals surface area contributed by atoms with Gasteiger partial charge in [-0.05, 0) is 19.4 Å². The smallest absolute Gasteiger partial charge is 0.260 e. The van der Waals surface area contributed by atoms with Gasteiger partial charge in [-0.3, -0.25) is 4.79 Å². The summed E-state index contributed by atoms with van der Waals surface area (Å²) >= 11 is 0. The van der Waals surface area contributed by atoms with Gasteiger partial charge in [-0.2, -0.15) is 0 Å². The molecular formula is C11H19N5O3S. The van der Waals surface area contributed by atoms with E-state index in [0.29, 0.717) is 0 Å². The Balaban J connectivity index is 1.83. The van der Waals surface area contributed by atoms with Crippen LogP contribution in [-0.2, 0) is 21.9 Å². The Kier molecular flexibility index (Phi) is 4.73. The third kappa shape index (κ3) is 4.02. The number of piperidine rings is 1. The summed E-state index contributed by atoms with van der Waals surface area (Å²) in [6.45, 7) is 1.40. The number of amides is 1. The standard InChI is InChI=1S/C11H19N5O3S/c1-16-7-11(13-8-16)20(18,19)14-6-10(17)15-9-3-2-4-12-5-9/h7-9,12,14H,2-6H2,1H3,(H,15,17). The number of hydrogen-bond acceptors (Lipinski definition) is 5. The van der Waals surface area contributed by atoms with Crippen molar-refractivity contribution in [2.45, 2.75) is 23.9 Å². The monoisotopic (exact) mass is 301 g/mol. The third-order valence-electron chi connectivity index (χ3n) is 3.04. The van der Waals surface area contributed by atoms with Crippen LogP contribution in [0.3, 0.4) is 0 Å². The van der Waals surface area contributed by atoms with E-state index in [4.69, 9.17) is 0 Å². The normalized spacial score (nSPS) is 19.8. The molecule has 1 aliphatic heterocycles. The molecule has 112 valence electrons. The molecule has 1 aliphatic rings. The first-order valence-corrected chi connectivity index (χ1v) is 7.93. The van der Waals surface area contributed by atoms with Gasteiger partial charge in [0.15, 0.2) is 5.03 Å². The van der Waals surface area contributed by atoms with Gasteiger partial charge >= 0.3 is 0 Å². The van der Waals surface area contributed by atoms with Gasteiger partial charge < -0.3 is 15.2 Å². The lowest BCUT2D eigenvalue weighted by Crippen LogP contribution is -2.48. The largest absolute Gasteiger partial charge is 0.351 e. The van der Waals surface area contributed by atoms with Gasteiger partial charge in [0, 0.05) is 25.8 Å². The van der Waals surface area contributed by atoms with E-state index in [-0.39, 0.29) is 23.5 Å². The summed E-state index contributed by atoms with van der Waals surface area (Å²) in [4.78, 5) is 15.5. The zero-order chi connectivity index (χ0) is 14.6. The molecule has 1 fully saturated rings. The fourth-order valence-corrected chi connectivity index (χ4v) is 2.98. The highest BCUT2D eigenvalue weighted by Gasteiger charge is 2.20. The maximum Gasteiger partial charge on any atom is 0.260 e. The molecule has 1 saturated heterocycles. The lowest BCUT2D eigenvalue weighted by Gasteiger charge is -2.23. The van der Waals surface area contributed by atoms with Gasteiger partial charge in [-0.1, -0.05) is 0 Å². The van der Waals surface area contributed by atoms with Crippen LogP contribution < -0.4 is 15.4 Å². The molecule has 20 heavy (non-hydrogen) atoms. The first-order valence-electron chi connectivity index (χ1n) is 6.45. The Labute approximate surface area is 118 Å². The molecule has 1 unspecified atom stereocenters. The van der Waals surface area contributed by atoms with E-state index in [1.54, 1.807) is 7.05 Å². The first-order chi connectivity index (χ1) is 9.47. The molecule has 2 heterocycles. The lowest BCUT2D eigenvalue weighted by molar-refractivity contribution is -0.120. The van der Waals surface area contributed by atoms with Crippen LogP contribution in [0.4, 0.5) is 0 Å². The lowest BCUT2D eigenvalue weighted by atomic mass is 10.1. The van der Waals surface area contributed by atoms with Gasteiger partial charge in [0.25, 0.3) is 10.0 Å². The molecule has 8 nitrogen and oxygen atoms in total. The number of imidazole rings is 1. The van der Waals surface area contributed by atoms with Crippen LogP contribution in [0.1, 0.15) is 12.8 Å². The summed E-state index contributed by atoms with van der Waals surface area (Å²) in [7, 11) is -2.06. The maximum atomic E-state index is 11.9. The molecule has 0 aliphatic carbocycles. The second kappa shape index (κ2) is 6.33. The van der Waals surface area contributed by atoms with E-state index in [0.717, 1.165) is 25.9 Å². The second-order valence-electron chi connectivity index (χ2n) is 4.81. The van der Waals surface area contributed by atoms with Crippen LogP contribution in [0.25, 0.3) is 0 Å². The quantitative estimate of drug-likeness (QED) is 0.618. The molecule has 0 bridgehead atoms. The number of rotatable bonds is 5. The minimum absolute atomic E-state index is 0.0654. The number of nitrogens with zero attached hydrogens (tertiary/aromatic N) is 2. The first kappa shape index (κ1) is 14.9. The van der Waals surface area contributed by atoms with Crippen LogP contribution in [0, 0.1) is 0 Å². The molecule has 3 N–H and O–H groups in total. The molecule has 9 heteroatoms. The molecule has 1 aromatic rings. The van der Waals surface area contributed by atoms with Gasteiger partial charge in [0.05, 0.1) is 12.9 Å². The molecule has 0 radical (unpaired) electrons. The van der Waals surface area contributed by atoms with Crippen molar-refractivity contribution in [1.29, 1.82) is 0 Å². The summed E-state index contributed by atoms with van der Waals surface area (Å²) in [5.74, 6) is -0.335. The third-order valence-corrected chi connectivity index (χ3v) is 4.33. The predicted octanol–water partition coefficient (Wildman–Crippen LogP) is -1.43. The highest BCUT2D eigenvalue weighted by molar-refractivity contribution is 7.89. The van der Waals surface area contributed by atoms with E-state index in [2.05, 4.69) is 20.3 Å². The number of carbonyl (C=O) groups excluding carboxylic acids is 1. The summed E-state index contributed by atoms with van der Waals surface area (Å²) in [6, 6.07) is 0.0654. The number of sulfonamides is 1. The molecule has 0 aromatic carbocycles. The SMILES string of the molecule is Cn1cnc(S(=O)(=O)NCC(=O)NC2CCCNC2)c1. The topological polar surface area (TPSA) is 105 Å². The molecule has 0 saturated carbocycles. The Bertz CT molecular complexity index is 562. The van der Waals surface area contributed by atoms with Crippen LogP contribution in [0.5, 0.6) is 0 Å². The average Bonchev–Trinajstić information content (AvgIpc) is 2.85. The Morgan fingerprint density at radius 1 is 1.60 bits per heavy atom.